The van der Waals surface area contributed by atoms with Crippen LogP contribution in [0.25, 0.3) is 5.82 Å². The molecule has 4 heteroatoms. The lowest BCUT2D eigenvalue weighted by Crippen LogP contribution is -2.05. The van der Waals surface area contributed by atoms with Crippen LogP contribution in [0, 0.1) is 20.8 Å². The molecule has 0 bridgehead atoms. The van der Waals surface area contributed by atoms with Gasteiger partial charge >= 0.3 is 0 Å². The maximum Gasteiger partial charge on any atom is 0.153 e. The summed E-state index contributed by atoms with van der Waals surface area (Å²) in [5.41, 5.74) is 5.18. The summed E-state index contributed by atoms with van der Waals surface area (Å²) >= 11 is 0. The molecule has 0 atom stereocenters. The fourth-order valence-electron chi connectivity index (χ4n) is 2.27. The van der Waals surface area contributed by atoms with Gasteiger partial charge in [-0.05, 0) is 44.4 Å². The van der Waals surface area contributed by atoms with Crippen LogP contribution in [0.1, 0.15) is 35.1 Å². The number of nitrogens with zero attached hydrogens (tertiary/aromatic N) is 3. The lowest BCUT2D eigenvalue weighted by atomic mass is 10.1. The van der Waals surface area contributed by atoms with Crippen LogP contribution in [0.3, 0.4) is 0 Å². The maximum atomic E-state index is 9.16. The molecule has 2 aromatic heterocycles. The minimum absolute atomic E-state index is 0.0242. The van der Waals surface area contributed by atoms with Crippen molar-refractivity contribution in [1.29, 1.82) is 0 Å². The first kappa shape index (κ1) is 12.8. The van der Waals surface area contributed by atoms with E-state index in [-0.39, 0.29) is 6.61 Å². The van der Waals surface area contributed by atoms with Gasteiger partial charge in [0.15, 0.2) is 5.82 Å². The Morgan fingerprint density at radius 2 is 1.89 bits per heavy atom. The molecule has 0 aliphatic rings. The number of aliphatic hydroxyl groups is 1. The van der Waals surface area contributed by atoms with Gasteiger partial charge in [-0.2, -0.15) is 5.10 Å². The summed E-state index contributed by atoms with van der Waals surface area (Å²) in [6.07, 6.45) is 0.978. The molecule has 2 aromatic rings. The SMILES string of the molecule is CCc1c(C)nn(-c2ccc(CO)c(C)n2)c1C. The number of aliphatic hydroxyl groups excluding tert-OH is 1. The Bertz CT molecular complexity index is 573. The second-order valence-electron chi connectivity index (χ2n) is 4.49. The standard InChI is InChI=1S/C14H19N3O/c1-5-13-10(3)16-17(11(13)4)14-7-6-12(8-18)9(2)15-14/h6-7,18H,5,8H2,1-4H3. The number of rotatable bonds is 3. The largest absolute Gasteiger partial charge is 0.392 e. The number of aromatic nitrogens is 3. The van der Waals surface area contributed by atoms with Gasteiger partial charge in [0.1, 0.15) is 0 Å². The van der Waals surface area contributed by atoms with Crippen molar-refractivity contribution in [2.75, 3.05) is 0 Å². The molecule has 0 saturated heterocycles. The van der Waals surface area contributed by atoms with Gasteiger partial charge in [0.25, 0.3) is 0 Å². The highest BCUT2D eigenvalue weighted by Crippen LogP contribution is 2.18. The first-order chi connectivity index (χ1) is 8.58. The fraction of sp³-hybridized carbons (Fsp3) is 0.429. The lowest BCUT2D eigenvalue weighted by Gasteiger charge is -2.07. The van der Waals surface area contributed by atoms with Crippen molar-refractivity contribution in [3.63, 3.8) is 0 Å². The van der Waals surface area contributed by atoms with E-state index < -0.39 is 0 Å². The van der Waals surface area contributed by atoms with Crippen LogP contribution in [0.5, 0.6) is 0 Å². The van der Waals surface area contributed by atoms with Gasteiger partial charge in [0.05, 0.1) is 12.3 Å². The van der Waals surface area contributed by atoms with Crippen molar-refractivity contribution in [1.82, 2.24) is 14.8 Å². The number of hydrogen-bond donors (Lipinski definition) is 1. The molecule has 18 heavy (non-hydrogen) atoms. The van der Waals surface area contributed by atoms with Crippen LogP contribution in [0.4, 0.5) is 0 Å². The van der Waals surface area contributed by atoms with Gasteiger partial charge < -0.3 is 5.11 Å². The smallest absolute Gasteiger partial charge is 0.153 e. The predicted octanol–water partition coefficient (Wildman–Crippen LogP) is 2.25. The molecular formula is C14H19N3O. The zero-order valence-corrected chi connectivity index (χ0v) is 11.4. The van der Waals surface area contributed by atoms with Crippen LogP contribution < -0.4 is 0 Å². The van der Waals surface area contributed by atoms with Gasteiger partial charge in [-0.3, -0.25) is 0 Å². The summed E-state index contributed by atoms with van der Waals surface area (Å²) in [4.78, 5) is 4.50. The molecular weight excluding hydrogens is 226 g/mol. The molecule has 0 amide bonds. The lowest BCUT2D eigenvalue weighted by molar-refractivity contribution is 0.280. The summed E-state index contributed by atoms with van der Waals surface area (Å²) in [6.45, 7) is 8.15. The molecule has 1 N–H and O–H groups in total. The van der Waals surface area contributed by atoms with Crippen LogP contribution in [-0.2, 0) is 13.0 Å². The summed E-state index contributed by atoms with van der Waals surface area (Å²) in [7, 11) is 0. The highest BCUT2D eigenvalue weighted by molar-refractivity contribution is 5.35. The molecule has 0 saturated carbocycles. The average Bonchev–Trinajstić information content (AvgIpc) is 2.64. The van der Waals surface area contributed by atoms with Crippen LogP contribution >= 0.6 is 0 Å². The summed E-state index contributed by atoms with van der Waals surface area (Å²) < 4.78 is 1.88. The highest BCUT2D eigenvalue weighted by Gasteiger charge is 2.12. The number of pyridine rings is 1. The third kappa shape index (κ3) is 2.04. The molecule has 0 spiro atoms. The topological polar surface area (TPSA) is 50.9 Å². The quantitative estimate of drug-likeness (QED) is 0.902. The van der Waals surface area contributed by atoms with E-state index >= 15 is 0 Å². The first-order valence-corrected chi connectivity index (χ1v) is 6.21. The fourth-order valence-corrected chi connectivity index (χ4v) is 2.27. The van der Waals surface area contributed by atoms with Gasteiger partial charge in [-0.25, -0.2) is 9.67 Å². The molecule has 2 heterocycles. The van der Waals surface area contributed by atoms with E-state index in [1.165, 1.54) is 5.56 Å². The van der Waals surface area contributed by atoms with Gasteiger partial charge in [0, 0.05) is 11.4 Å². The third-order valence-electron chi connectivity index (χ3n) is 3.36. The maximum absolute atomic E-state index is 9.16. The Kier molecular flexibility index (Phi) is 3.48. The van der Waals surface area contributed by atoms with Gasteiger partial charge in [-0.1, -0.05) is 13.0 Å². The Morgan fingerprint density at radius 1 is 1.17 bits per heavy atom. The molecule has 2 rings (SSSR count). The van der Waals surface area contributed by atoms with E-state index in [4.69, 9.17) is 5.11 Å². The Hall–Kier alpha value is -1.68. The van der Waals surface area contributed by atoms with Crippen molar-refractivity contribution in [2.45, 2.75) is 40.7 Å². The second-order valence-corrected chi connectivity index (χ2v) is 4.49. The monoisotopic (exact) mass is 245 g/mol. The van der Waals surface area contributed by atoms with Gasteiger partial charge in [-0.15, -0.1) is 0 Å². The molecule has 4 nitrogen and oxygen atoms in total. The van der Waals surface area contributed by atoms with E-state index in [0.717, 1.165) is 34.9 Å². The van der Waals surface area contributed by atoms with E-state index in [1.54, 1.807) is 0 Å². The summed E-state index contributed by atoms with van der Waals surface area (Å²) in [5, 5.41) is 13.7. The van der Waals surface area contributed by atoms with Crippen LogP contribution in [0.15, 0.2) is 12.1 Å². The van der Waals surface area contributed by atoms with Gasteiger partial charge in [0.2, 0.25) is 0 Å². The highest BCUT2D eigenvalue weighted by atomic mass is 16.3. The second kappa shape index (κ2) is 4.90. The van der Waals surface area contributed by atoms with E-state index in [2.05, 4.69) is 23.9 Å². The van der Waals surface area contributed by atoms with Crippen molar-refractivity contribution in [3.05, 3.63) is 40.3 Å². The molecule has 0 aromatic carbocycles. The van der Waals surface area contributed by atoms with E-state index in [1.807, 2.05) is 30.7 Å². The van der Waals surface area contributed by atoms with Crippen molar-refractivity contribution in [3.8, 4) is 5.82 Å². The van der Waals surface area contributed by atoms with Crippen molar-refractivity contribution < 1.29 is 5.11 Å². The predicted molar refractivity (Wildman–Crippen MR) is 70.9 cm³/mol. The molecule has 0 aliphatic heterocycles. The molecule has 0 fully saturated rings. The summed E-state index contributed by atoms with van der Waals surface area (Å²) in [6, 6.07) is 3.80. The number of hydrogen-bond acceptors (Lipinski definition) is 3. The van der Waals surface area contributed by atoms with Crippen LogP contribution in [0.2, 0.25) is 0 Å². The Labute approximate surface area is 107 Å². The zero-order valence-electron chi connectivity index (χ0n) is 11.4. The molecule has 0 radical (unpaired) electrons. The number of aryl methyl sites for hydroxylation is 2. The Morgan fingerprint density at radius 3 is 2.39 bits per heavy atom. The van der Waals surface area contributed by atoms with Crippen molar-refractivity contribution >= 4 is 0 Å². The summed E-state index contributed by atoms with van der Waals surface area (Å²) in [5.74, 6) is 0.810. The Balaban J connectivity index is 2.52. The van der Waals surface area contributed by atoms with Crippen LogP contribution in [-0.4, -0.2) is 19.9 Å². The zero-order chi connectivity index (χ0) is 13.3. The minimum Gasteiger partial charge on any atom is -0.392 e. The minimum atomic E-state index is 0.0242. The average molecular weight is 245 g/mol. The third-order valence-corrected chi connectivity index (χ3v) is 3.36. The van der Waals surface area contributed by atoms with Crippen molar-refractivity contribution in [2.24, 2.45) is 0 Å². The molecule has 0 unspecified atom stereocenters. The first-order valence-electron chi connectivity index (χ1n) is 6.21. The molecule has 0 aliphatic carbocycles. The van der Waals surface area contributed by atoms with E-state index in [9.17, 15) is 0 Å². The van der Waals surface area contributed by atoms with E-state index in [0.29, 0.717) is 0 Å². The normalized spacial score (nSPS) is 10.9. The molecule has 96 valence electrons.